The van der Waals surface area contributed by atoms with Crippen molar-refractivity contribution in [1.82, 2.24) is 10.2 Å². The number of carbonyl (C=O) groups excluding carboxylic acids is 3. The highest BCUT2D eigenvalue weighted by Gasteiger charge is 2.30. The average Bonchev–Trinajstić information content (AvgIpc) is 3.30. The van der Waals surface area contributed by atoms with E-state index in [1.165, 1.54) is 4.90 Å². The summed E-state index contributed by atoms with van der Waals surface area (Å²) in [5, 5.41) is 2.95. The molecule has 7 nitrogen and oxygen atoms in total. The summed E-state index contributed by atoms with van der Waals surface area (Å²) in [6.45, 7) is 2.51. The van der Waals surface area contributed by atoms with Crippen molar-refractivity contribution in [3.8, 4) is 0 Å². The molecule has 0 aliphatic carbocycles. The number of amides is 3. The average molecular weight is 455 g/mol. The largest absolute Gasteiger partial charge is 0.371 e. The van der Waals surface area contributed by atoms with Crippen molar-refractivity contribution in [3.63, 3.8) is 0 Å². The highest BCUT2D eigenvalue weighted by molar-refractivity contribution is 6.35. The van der Waals surface area contributed by atoms with Crippen molar-refractivity contribution >= 4 is 40.7 Å². The van der Waals surface area contributed by atoms with Gasteiger partial charge in [0, 0.05) is 51.0 Å². The quantitative estimate of drug-likeness (QED) is 0.753. The van der Waals surface area contributed by atoms with Crippen LogP contribution in [0.2, 0.25) is 5.02 Å². The molecule has 32 heavy (non-hydrogen) atoms. The first-order valence-corrected chi connectivity index (χ1v) is 11.3. The smallest absolute Gasteiger partial charge is 0.260 e. The predicted octanol–water partition coefficient (Wildman–Crippen LogP) is 3.07. The second kappa shape index (κ2) is 9.61. The fourth-order valence-corrected chi connectivity index (χ4v) is 4.52. The number of carbonyl (C=O) groups is 3. The lowest BCUT2D eigenvalue weighted by atomic mass is 10.1. The van der Waals surface area contributed by atoms with E-state index < -0.39 is 0 Å². The van der Waals surface area contributed by atoms with Crippen molar-refractivity contribution in [2.45, 2.75) is 25.8 Å². The fourth-order valence-electron chi connectivity index (χ4n) is 4.26. The van der Waals surface area contributed by atoms with Crippen LogP contribution in [0.5, 0.6) is 0 Å². The van der Waals surface area contributed by atoms with Gasteiger partial charge in [-0.2, -0.15) is 0 Å². The summed E-state index contributed by atoms with van der Waals surface area (Å²) in [5.74, 6) is -0.645. The van der Waals surface area contributed by atoms with Crippen LogP contribution in [0.4, 0.5) is 11.4 Å². The number of fused-ring (bicyclic) bond motifs is 1. The van der Waals surface area contributed by atoms with Crippen LogP contribution < -0.4 is 15.1 Å². The lowest BCUT2D eigenvalue weighted by Gasteiger charge is -2.24. The zero-order valence-corrected chi connectivity index (χ0v) is 18.9. The molecule has 0 radical (unpaired) electrons. The molecule has 2 aliphatic rings. The monoisotopic (exact) mass is 454 g/mol. The number of nitrogens with one attached hydrogen (secondary N) is 1. The second-order valence-corrected chi connectivity index (χ2v) is 8.52. The summed E-state index contributed by atoms with van der Waals surface area (Å²) in [5.41, 5.74) is 2.93. The number of nitrogens with zero attached hydrogens (tertiary/aromatic N) is 3. The molecular weight excluding hydrogens is 428 g/mol. The topological polar surface area (TPSA) is 73.0 Å². The van der Waals surface area contributed by atoms with Crippen LogP contribution in [0.1, 0.15) is 35.2 Å². The van der Waals surface area contributed by atoms with E-state index in [0.29, 0.717) is 29.4 Å². The SMILES string of the molecule is CNC(=O)CCN1Cc2ccccc2N(C(=O)c2ccc(N3CCCC3)cc2Cl)CC1=O. The Hall–Kier alpha value is -3.06. The number of anilines is 2. The first kappa shape index (κ1) is 22.1. The van der Waals surface area contributed by atoms with Crippen LogP contribution in [0.15, 0.2) is 42.5 Å². The standard InChI is InChI=1S/C24H27ClN4O3/c1-26-22(30)10-13-28-15-17-6-2-3-7-21(17)29(16-23(28)31)24(32)19-9-8-18(14-20(19)25)27-11-4-5-12-27/h2-3,6-9,14H,4-5,10-13,15-16H2,1H3,(H,26,30). The van der Waals surface area contributed by atoms with Gasteiger partial charge < -0.3 is 15.1 Å². The molecular formula is C24H27ClN4O3. The van der Waals surface area contributed by atoms with Crippen molar-refractivity contribution in [2.24, 2.45) is 0 Å². The van der Waals surface area contributed by atoms with Gasteiger partial charge in [-0.15, -0.1) is 0 Å². The zero-order valence-electron chi connectivity index (χ0n) is 18.1. The third-order valence-corrected chi connectivity index (χ3v) is 6.39. The van der Waals surface area contributed by atoms with Gasteiger partial charge in [0.25, 0.3) is 5.91 Å². The van der Waals surface area contributed by atoms with Crippen molar-refractivity contribution in [2.75, 3.05) is 43.0 Å². The van der Waals surface area contributed by atoms with E-state index in [2.05, 4.69) is 10.2 Å². The third-order valence-electron chi connectivity index (χ3n) is 6.08. The van der Waals surface area contributed by atoms with Crippen LogP contribution in [-0.2, 0) is 16.1 Å². The van der Waals surface area contributed by atoms with Crippen molar-refractivity contribution in [1.29, 1.82) is 0 Å². The van der Waals surface area contributed by atoms with E-state index in [-0.39, 0.29) is 30.7 Å². The Morgan fingerprint density at radius 2 is 1.81 bits per heavy atom. The summed E-state index contributed by atoms with van der Waals surface area (Å²) >= 11 is 6.54. The van der Waals surface area contributed by atoms with E-state index in [1.807, 2.05) is 36.4 Å². The number of rotatable bonds is 5. The van der Waals surface area contributed by atoms with E-state index in [0.717, 1.165) is 37.2 Å². The van der Waals surface area contributed by atoms with E-state index in [1.54, 1.807) is 18.0 Å². The lowest BCUT2D eigenvalue weighted by Crippen LogP contribution is -2.41. The van der Waals surface area contributed by atoms with Crippen LogP contribution >= 0.6 is 11.6 Å². The third kappa shape index (κ3) is 4.58. The first-order chi connectivity index (χ1) is 15.5. The molecule has 2 aromatic carbocycles. The Labute approximate surface area is 192 Å². The summed E-state index contributed by atoms with van der Waals surface area (Å²) < 4.78 is 0. The minimum absolute atomic E-state index is 0.103. The van der Waals surface area contributed by atoms with E-state index in [9.17, 15) is 14.4 Å². The number of benzene rings is 2. The van der Waals surface area contributed by atoms with Crippen LogP contribution in [0.25, 0.3) is 0 Å². The van der Waals surface area contributed by atoms with Gasteiger partial charge in [0.15, 0.2) is 0 Å². The van der Waals surface area contributed by atoms with Gasteiger partial charge in [0.1, 0.15) is 6.54 Å². The summed E-state index contributed by atoms with van der Waals surface area (Å²) in [6, 6.07) is 13.0. The van der Waals surface area contributed by atoms with Crippen molar-refractivity contribution in [3.05, 3.63) is 58.6 Å². The molecule has 1 fully saturated rings. The maximum atomic E-state index is 13.5. The van der Waals surface area contributed by atoms with Crippen LogP contribution in [0, 0.1) is 0 Å². The minimum Gasteiger partial charge on any atom is -0.371 e. The Morgan fingerprint density at radius 3 is 2.53 bits per heavy atom. The molecule has 8 heteroatoms. The highest BCUT2D eigenvalue weighted by Crippen LogP contribution is 2.31. The van der Waals surface area contributed by atoms with Gasteiger partial charge in [-0.3, -0.25) is 19.3 Å². The molecule has 3 amide bonds. The normalized spacial score (nSPS) is 16.1. The molecule has 2 aromatic rings. The molecule has 2 aliphatic heterocycles. The molecule has 0 spiro atoms. The van der Waals surface area contributed by atoms with Crippen molar-refractivity contribution < 1.29 is 14.4 Å². The maximum absolute atomic E-state index is 13.5. The molecule has 0 saturated carbocycles. The zero-order chi connectivity index (χ0) is 22.7. The summed E-state index contributed by atoms with van der Waals surface area (Å²) in [6.07, 6.45) is 2.52. The summed E-state index contributed by atoms with van der Waals surface area (Å²) in [4.78, 5) is 43.6. The minimum atomic E-state index is -0.308. The van der Waals surface area contributed by atoms with Gasteiger partial charge in [-0.05, 0) is 42.7 Å². The molecule has 2 heterocycles. The highest BCUT2D eigenvalue weighted by atomic mass is 35.5. The maximum Gasteiger partial charge on any atom is 0.260 e. The molecule has 0 bridgehead atoms. The molecule has 4 rings (SSSR count). The molecule has 0 unspecified atom stereocenters. The van der Waals surface area contributed by atoms with Gasteiger partial charge in [-0.25, -0.2) is 0 Å². The van der Waals surface area contributed by atoms with Crippen LogP contribution in [-0.4, -0.2) is 55.8 Å². The first-order valence-electron chi connectivity index (χ1n) is 10.9. The predicted molar refractivity (Wildman–Crippen MR) is 125 cm³/mol. The molecule has 0 aromatic heterocycles. The Morgan fingerprint density at radius 1 is 1.06 bits per heavy atom. The van der Waals surface area contributed by atoms with Gasteiger partial charge in [0.05, 0.1) is 10.6 Å². The number of hydrogen-bond donors (Lipinski definition) is 1. The molecule has 168 valence electrons. The number of halogens is 1. The Bertz CT molecular complexity index is 1040. The van der Waals surface area contributed by atoms with Gasteiger partial charge in [-0.1, -0.05) is 29.8 Å². The Balaban J connectivity index is 1.60. The van der Waals surface area contributed by atoms with E-state index in [4.69, 9.17) is 11.6 Å². The van der Waals surface area contributed by atoms with E-state index >= 15 is 0 Å². The fraction of sp³-hybridized carbons (Fsp3) is 0.375. The summed E-state index contributed by atoms with van der Waals surface area (Å²) in [7, 11) is 1.57. The number of para-hydroxylation sites is 1. The second-order valence-electron chi connectivity index (χ2n) is 8.12. The molecule has 0 atom stereocenters. The molecule has 1 N–H and O–H groups in total. The van der Waals surface area contributed by atoms with Crippen LogP contribution in [0.3, 0.4) is 0 Å². The number of hydrogen-bond acceptors (Lipinski definition) is 4. The molecule has 1 saturated heterocycles. The Kier molecular flexibility index (Phi) is 6.65. The van der Waals surface area contributed by atoms with Gasteiger partial charge >= 0.3 is 0 Å². The lowest BCUT2D eigenvalue weighted by molar-refractivity contribution is -0.130. The van der Waals surface area contributed by atoms with Gasteiger partial charge in [0.2, 0.25) is 11.8 Å².